The van der Waals surface area contributed by atoms with Crippen molar-refractivity contribution < 1.29 is 14.3 Å². The van der Waals surface area contributed by atoms with Gasteiger partial charge in [-0.3, -0.25) is 4.79 Å². The van der Waals surface area contributed by atoms with Crippen LogP contribution in [0.1, 0.15) is 33.3 Å². The van der Waals surface area contributed by atoms with Gasteiger partial charge in [-0.25, -0.2) is 0 Å². The second-order valence-electron chi connectivity index (χ2n) is 7.13. The molecule has 0 fully saturated rings. The number of rotatable bonds is 7. The number of amides is 1. The SMILES string of the molecule is C[C@@H](Oc1ccc(Br)cc1)C(=O)NCCOc1ccc(C(C)(C)C)cc1. The third kappa shape index (κ3) is 6.37. The van der Waals surface area contributed by atoms with Gasteiger partial charge in [0, 0.05) is 4.47 Å². The first-order chi connectivity index (χ1) is 12.3. The normalized spacial score (nSPS) is 12.3. The number of halogens is 1. The number of benzene rings is 2. The fourth-order valence-corrected chi connectivity index (χ4v) is 2.57. The standard InChI is InChI=1S/C21H26BrNO3/c1-15(26-19-11-7-17(22)8-12-19)20(24)23-13-14-25-18-9-5-16(6-10-18)21(2,3)4/h5-12,15H,13-14H2,1-4H3,(H,23,24)/t15-/m1/s1. The van der Waals surface area contributed by atoms with Crippen LogP contribution < -0.4 is 14.8 Å². The van der Waals surface area contributed by atoms with Crippen LogP contribution in [-0.2, 0) is 10.2 Å². The Balaban J connectivity index is 1.71. The van der Waals surface area contributed by atoms with E-state index < -0.39 is 6.10 Å². The Morgan fingerprint density at radius 2 is 1.62 bits per heavy atom. The number of hydrogen-bond donors (Lipinski definition) is 1. The average Bonchev–Trinajstić information content (AvgIpc) is 2.60. The zero-order valence-electron chi connectivity index (χ0n) is 15.7. The highest BCUT2D eigenvalue weighted by Crippen LogP contribution is 2.24. The Morgan fingerprint density at radius 3 is 2.19 bits per heavy atom. The Hall–Kier alpha value is -2.01. The van der Waals surface area contributed by atoms with Crippen LogP contribution in [0.25, 0.3) is 0 Å². The summed E-state index contributed by atoms with van der Waals surface area (Å²) in [6.07, 6.45) is -0.567. The fourth-order valence-electron chi connectivity index (χ4n) is 2.31. The molecule has 4 nitrogen and oxygen atoms in total. The van der Waals surface area contributed by atoms with Crippen LogP contribution in [0.5, 0.6) is 11.5 Å². The molecule has 1 N–H and O–H groups in total. The van der Waals surface area contributed by atoms with Gasteiger partial charge in [0.05, 0.1) is 6.54 Å². The second-order valence-corrected chi connectivity index (χ2v) is 8.04. The molecule has 2 aromatic rings. The lowest BCUT2D eigenvalue weighted by atomic mass is 9.87. The van der Waals surface area contributed by atoms with E-state index in [1.807, 2.05) is 36.4 Å². The molecule has 0 aromatic heterocycles. The first-order valence-corrected chi connectivity index (χ1v) is 9.48. The summed E-state index contributed by atoms with van der Waals surface area (Å²) in [5.41, 5.74) is 1.38. The number of hydrogen-bond acceptors (Lipinski definition) is 3. The van der Waals surface area contributed by atoms with Crippen LogP contribution in [0.3, 0.4) is 0 Å². The quantitative estimate of drug-likeness (QED) is 0.660. The molecule has 2 aromatic carbocycles. The molecule has 5 heteroatoms. The smallest absolute Gasteiger partial charge is 0.260 e. The molecule has 0 aliphatic heterocycles. The van der Waals surface area contributed by atoms with Crippen molar-refractivity contribution in [1.82, 2.24) is 5.32 Å². The molecular formula is C21H26BrNO3. The van der Waals surface area contributed by atoms with Crippen molar-refractivity contribution >= 4 is 21.8 Å². The van der Waals surface area contributed by atoms with Gasteiger partial charge in [0.25, 0.3) is 5.91 Å². The van der Waals surface area contributed by atoms with E-state index in [9.17, 15) is 4.79 Å². The molecule has 0 saturated carbocycles. The van der Waals surface area contributed by atoms with Crippen LogP contribution >= 0.6 is 15.9 Å². The van der Waals surface area contributed by atoms with E-state index in [0.717, 1.165) is 10.2 Å². The summed E-state index contributed by atoms with van der Waals surface area (Å²) >= 11 is 3.37. The van der Waals surface area contributed by atoms with Crippen LogP contribution in [0.4, 0.5) is 0 Å². The van der Waals surface area contributed by atoms with Crippen molar-refractivity contribution in [3.05, 3.63) is 58.6 Å². The third-order valence-corrected chi connectivity index (χ3v) is 4.41. The van der Waals surface area contributed by atoms with Gasteiger partial charge in [-0.15, -0.1) is 0 Å². The highest BCUT2D eigenvalue weighted by molar-refractivity contribution is 9.10. The lowest BCUT2D eigenvalue weighted by Crippen LogP contribution is -2.38. The van der Waals surface area contributed by atoms with E-state index in [2.05, 4.69) is 54.2 Å². The van der Waals surface area contributed by atoms with Crippen molar-refractivity contribution in [3.63, 3.8) is 0 Å². The molecule has 0 unspecified atom stereocenters. The zero-order chi connectivity index (χ0) is 19.2. The Bertz CT molecular complexity index is 706. The average molecular weight is 420 g/mol. The topological polar surface area (TPSA) is 47.6 Å². The van der Waals surface area contributed by atoms with Crippen molar-refractivity contribution in [2.45, 2.75) is 39.2 Å². The molecule has 0 saturated heterocycles. The molecule has 0 radical (unpaired) electrons. The summed E-state index contributed by atoms with van der Waals surface area (Å²) in [6, 6.07) is 15.4. The lowest BCUT2D eigenvalue weighted by Gasteiger charge is -2.19. The maximum Gasteiger partial charge on any atom is 0.260 e. The number of carbonyl (C=O) groups excluding carboxylic acids is 1. The van der Waals surface area contributed by atoms with E-state index in [1.165, 1.54) is 5.56 Å². The van der Waals surface area contributed by atoms with Gasteiger partial charge in [0.2, 0.25) is 0 Å². The van der Waals surface area contributed by atoms with Crippen molar-refractivity contribution in [1.29, 1.82) is 0 Å². The zero-order valence-corrected chi connectivity index (χ0v) is 17.3. The molecular weight excluding hydrogens is 394 g/mol. The molecule has 2 rings (SSSR count). The summed E-state index contributed by atoms with van der Waals surface area (Å²) in [5.74, 6) is 1.29. The van der Waals surface area contributed by atoms with Crippen LogP contribution in [0.2, 0.25) is 0 Å². The fraction of sp³-hybridized carbons (Fsp3) is 0.381. The van der Waals surface area contributed by atoms with Gasteiger partial charge in [-0.05, 0) is 54.3 Å². The molecule has 0 spiro atoms. The molecule has 0 bridgehead atoms. The van der Waals surface area contributed by atoms with Gasteiger partial charge < -0.3 is 14.8 Å². The van der Waals surface area contributed by atoms with Gasteiger partial charge in [0.1, 0.15) is 18.1 Å². The van der Waals surface area contributed by atoms with Gasteiger partial charge in [-0.2, -0.15) is 0 Å². The van der Waals surface area contributed by atoms with Crippen LogP contribution in [0, 0.1) is 0 Å². The van der Waals surface area contributed by atoms with E-state index in [1.54, 1.807) is 6.92 Å². The Labute approximate surface area is 164 Å². The predicted molar refractivity (Wildman–Crippen MR) is 108 cm³/mol. The molecule has 0 heterocycles. The molecule has 1 amide bonds. The molecule has 1 atom stereocenters. The number of ether oxygens (including phenoxy) is 2. The first kappa shape index (κ1) is 20.3. The maximum atomic E-state index is 12.1. The summed E-state index contributed by atoms with van der Waals surface area (Å²) in [5, 5.41) is 2.82. The number of nitrogens with one attached hydrogen (secondary N) is 1. The number of carbonyl (C=O) groups is 1. The van der Waals surface area contributed by atoms with E-state index in [0.29, 0.717) is 18.9 Å². The highest BCUT2D eigenvalue weighted by atomic mass is 79.9. The van der Waals surface area contributed by atoms with Crippen LogP contribution in [-0.4, -0.2) is 25.2 Å². The van der Waals surface area contributed by atoms with Gasteiger partial charge in [-0.1, -0.05) is 48.8 Å². The van der Waals surface area contributed by atoms with Crippen molar-refractivity contribution in [2.75, 3.05) is 13.2 Å². The summed E-state index contributed by atoms with van der Waals surface area (Å²) in [7, 11) is 0. The molecule has 0 aliphatic carbocycles. The second kappa shape index (κ2) is 9.08. The van der Waals surface area contributed by atoms with Crippen LogP contribution in [0.15, 0.2) is 53.0 Å². The third-order valence-electron chi connectivity index (χ3n) is 3.89. The monoisotopic (exact) mass is 419 g/mol. The van der Waals surface area contributed by atoms with Gasteiger partial charge in [0.15, 0.2) is 6.10 Å². The minimum Gasteiger partial charge on any atom is -0.492 e. The van der Waals surface area contributed by atoms with E-state index >= 15 is 0 Å². The van der Waals surface area contributed by atoms with E-state index in [-0.39, 0.29) is 11.3 Å². The summed E-state index contributed by atoms with van der Waals surface area (Å²) in [6.45, 7) is 9.09. The summed E-state index contributed by atoms with van der Waals surface area (Å²) < 4.78 is 12.3. The van der Waals surface area contributed by atoms with Crippen molar-refractivity contribution in [2.24, 2.45) is 0 Å². The van der Waals surface area contributed by atoms with Gasteiger partial charge >= 0.3 is 0 Å². The minimum atomic E-state index is -0.567. The molecule has 0 aliphatic rings. The predicted octanol–water partition coefficient (Wildman–Crippen LogP) is 4.71. The van der Waals surface area contributed by atoms with Crippen molar-refractivity contribution in [3.8, 4) is 11.5 Å². The molecule has 140 valence electrons. The first-order valence-electron chi connectivity index (χ1n) is 8.69. The highest BCUT2D eigenvalue weighted by Gasteiger charge is 2.14. The Morgan fingerprint density at radius 1 is 1.04 bits per heavy atom. The molecule has 26 heavy (non-hydrogen) atoms. The summed E-state index contributed by atoms with van der Waals surface area (Å²) in [4.78, 5) is 12.1. The maximum absolute atomic E-state index is 12.1. The minimum absolute atomic E-state index is 0.122. The lowest BCUT2D eigenvalue weighted by molar-refractivity contribution is -0.127. The van der Waals surface area contributed by atoms with E-state index in [4.69, 9.17) is 9.47 Å². The Kier molecular flexibility index (Phi) is 7.09. The largest absolute Gasteiger partial charge is 0.492 e.